The van der Waals surface area contributed by atoms with Gasteiger partial charge < -0.3 is 11.1 Å². The first-order valence-corrected chi connectivity index (χ1v) is 6.05. The van der Waals surface area contributed by atoms with E-state index in [2.05, 4.69) is 22.2 Å². The van der Waals surface area contributed by atoms with E-state index in [0.29, 0.717) is 16.8 Å². The number of anilines is 1. The molecule has 1 heterocycles. The Morgan fingerprint density at radius 3 is 2.94 bits per heavy atom. The van der Waals surface area contributed by atoms with Crippen LogP contribution in [0.15, 0.2) is 12.5 Å². The van der Waals surface area contributed by atoms with Crippen molar-refractivity contribution in [2.75, 3.05) is 18.4 Å². The lowest BCUT2D eigenvalue weighted by molar-refractivity contribution is 0.473. The summed E-state index contributed by atoms with van der Waals surface area (Å²) in [5, 5.41) is 3.80. The van der Waals surface area contributed by atoms with Gasteiger partial charge in [0.05, 0.1) is 6.20 Å². The van der Waals surface area contributed by atoms with Crippen molar-refractivity contribution in [3.8, 4) is 0 Å². The van der Waals surface area contributed by atoms with Gasteiger partial charge in [0.25, 0.3) is 0 Å². The second kappa shape index (κ2) is 7.41. The minimum Gasteiger partial charge on any atom is -0.368 e. The van der Waals surface area contributed by atoms with E-state index >= 15 is 0 Å². The van der Waals surface area contributed by atoms with Gasteiger partial charge in [-0.25, -0.2) is 9.97 Å². The molecular formula is C11H19ClN4. The third kappa shape index (κ3) is 4.33. The van der Waals surface area contributed by atoms with Crippen LogP contribution in [0.4, 0.5) is 5.82 Å². The Bertz CT molecular complexity index is 300. The van der Waals surface area contributed by atoms with Crippen molar-refractivity contribution in [1.29, 1.82) is 0 Å². The van der Waals surface area contributed by atoms with Crippen LogP contribution < -0.4 is 11.1 Å². The van der Waals surface area contributed by atoms with Gasteiger partial charge in [-0.3, -0.25) is 0 Å². The topological polar surface area (TPSA) is 63.8 Å². The van der Waals surface area contributed by atoms with Crippen LogP contribution in [0.2, 0.25) is 5.02 Å². The summed E-state index contributed by atoms with van der Waals surface area (Å²) in [5.41, 5.74) is 5.58. The highest BCUT2D eigenvalue weighted by Crippen LogP contribution is 2.18. The maximum atomic E-state index is 5.95. The molecule has 4 nitrogen and oxygen atoms in total. The van der Waals surface area contributed by atoms with E-state index in [1.54, 1.807) is 6.20 Å². The first kappa shape index (κ1) is 13.2. The Labute approximate surface area is 102 Å². The number of nitrogens with zero attached hydrogens (tertiary/aromatic N) is 2. The standard InChI is InChI=1S/C11H19ClN4/c1-2-3-9(4-5-13)6-15-11-10(12)7-14-8-16-11/h7-9H,2-6,13H2,1H3,(H,14,15,16). The average molecular weight is 243 g/mol. The van der Waals surface area contributed by atoms with Gasteiger partial charge in [0.2, 0.25) is 0 Å². The molecule has 0 saturated heterocycles. The van der Waals surface area contributed by atoms with Crippen LogP contribution in [0.1, 0.15) is 26.2 Å². The quantitative estimate of drug-likeness (QED) is 0.770. The molecule has 0 aliphatic carbocycles. The predicted molar refractivity (Wildman–Crippen MR) is 67.6 cm³/mol. The summed E-state index contributed by atoms with van der Waals surface area (Å²) in [7, 11) is 0. The van der Waals surface area contributed by atoms with Crippen LogP contribution >= 0.6 is 11.6 Å². The fourth-order valence-corrected chi connectivity index (χ4v) is 1.85. The van der Waals surface area contributed by atoms with E-state index in [-0.39, 0.29) is 0 Å². The summed E-state index contributed by atoms with van der Waals surface area (Å²) in [4.78, 5) is 7.93. The second-order valence-corrected chi connectivity index (χ2v) is 4.24. The molecule has 5 heteroatoms. The molecular weight excluding hydrogens is 224 g/mol. The van der Waals surface area contributed by atoms with E-state index in [1.807, 2.05) is 0 Å². The van der Waals surface area contributed by atoms with Crippen LogP contribution in [-0.2, 0) is 0 Å². The highest BCUT2D eigenvalue weighted by atomic mass is 35.5. The number of nitrogens with one attached hydrogen (secondary N) is 1. The van der Waals surface area contributed by atoms with E-state index in [1.165, 1.54) is 19.2 Å². The first-order valence-electron chi connectivity index (χ1n) is 5.67. The predicted octanol–water partition coefficient (Wildman–Crippen LogP) is 2.31. The zero-order valence-electron chi connectivity index (χ0n) is 9.62. The number of rotatable bonds is 7. The van der Waals surface area contributed by atoms with Gasteiger partial charge in [0.15, 0.2) is 0 Å². The molecule has 3 N–H and O–H groups in total. The molecule has 90 valence electrons. The number of aromatic nitrogens is 2. The zero-order chi connectivity index (χ0) is 11.8. The molecule has 1 atom stereocenters. The Morgan fingerprint density at radius 1 is 1.50 bits per heavy atom. The summed E-state index contributed by atoms with van der Waals surface area (Å²) < 4.78 is 0. The third-order valence-electron chi connectivity index (χ3n) is 2.50. The molecule has 1 rings (SSSR count). The van der Waals surface area contributed by atoms with Crippen molar-refractivity contribution >= 4 is 17.4 Å². The van der Waals surface area contributed by atoms with Gasteiger partial charge in [0.1, 0.15) is 17.2 Å². The first-order chi connectivity index (χ1) is 7.77. The van der Waals surface area contributed by atoms with E-state index < -0.39 is 0 Å². The lowest BCUT2D eigenvalue weighted by Gasteiger charge is -2.16. The zero-order valence-corrected chi connectivity index (χ0v) is 10.4. The molecule has 16 heavy (non-hydrogen) atoms. The molecule has 0 spiro atoms. The van der Waals surface area contributed by atoms with E-state index in [4.69, 9.17) is 17.3 Å². The maximum absolute atomic E-state index is 5.95. The van der Waals surface area contributed by atoms with E-state index in [0.717, 1.165) is 19.5 Å². The van der Waals surface area contributed by atoms with Crippen LogP contribution in [0.25, 0.3) is 0 Å². The van der Waals surface area contributed by atoms with Gasteiger partial charge in [-0.15, -0.1) is 0 Å². The maximum Gasteiger partial charge on any atom is 0.148 e. The van der Waals surface area contributed by atoms with Crippen molar-refractivity contribution < 1.29 is 0 Å². The second-order valence-electron chi connectivity index (χ2n) is 3.83. The number of halogens is 1. The van der Waals surface area contributed by atoms with Crippen LogP contribution in [-0.4, -0.2) is 23.1 Å². The minimum absolute atomic E-state index is 0.561. The molecule has 0 aromatic carbocycles. The summed E-state index contributed by atoms with van der Waals surface area (Å²) >= 11 is 5.95. The van der Waals surface area contributed by atoms with Crippen molar-refractivity contribution in [2.45, 2.75) is 26.2 Å². The SMILES string of the molecule is CCCC(CCN)CNc1ncncc1Cl. The molecule has 0 aliphatic heterocycles. The Hall–Kier alpha value is -0.870. The normalized spacial score (nSPS) is 12.4. The van der Waals surface area contributed by atoms with Crippen molar-refractivity contribution in [1.82, 2.24) is 9.97 Å². The molecule has 0 radical (unpaired) electrons. The van der Waals surface area contributed by atoms with Crippen LogP contribution in [0.5, 0.6) is 0 Å². The van der Waals surface area contributed by atoms with Crippen molar-refractivity contribution in [2.24, 2.45) is 11.7 Å². The lowest BCUT2D eigenvalue weighted by atomic mass is 10.00. The van der Waals surface area contributed by atoms with Crippen LogP contribution in [0.3, 0.4) is 0 Å². The van der Waals surface area contributed by atoms with Gasteiger partial charge in [-0.2, -0.15) is 0 Å². The van der Waals surface area contributed by atoms with Crippen molar-refractivity contribution in [3.63, 3.8) is 0 Å². The highest BCUT2D eigenvalue weighted by molar-refractivity contribution is 6.32. The smallest absolute Gasteiger partial charge is 0.148 e. The molecule has 1 aromatic rings. The fourth-order valence-electron chi connectivity index (χ4n) is 1.68. The van der Waals surface area contributed by atoms with Crippen LogP contribution in [0, 0.1) is 5.92 Å². The monoisotopic (exact) mass is 242 g/mol. The average Bonchev–Trinajstić information content (AvgIpc) is 2.28. The summed E-state index contributed by atoms with van der Waals surface area (Å²) in [6.07, 6.45) is 6.46. The van der Waals surface area contributed by atoms with Crippen molar-refractivity contribution in [3.05, 3.63) is 17.5 Å². The molecule has 0 amide bonds. The largest absolute Gasteiger partial charge is 0.368 e. The summed E-state index contributed by atoms with van der Waals surface area (Å²) in [5.74, 6) is 1.29. The number of hydrogen-bond acceptors (Lipinski definition) is 4. The summed E-state index contributed by atoms with van der Waals surface area (Å²) in [6, 6.07) is 0. The molecule has 1 aromatic heterocycles. The van der Waals surface area contributed by atoms with Gasteiger partial charge in [0, 0.05) is 6.54 Å². The number of nitrogens with two attached hydrogens (primary N) is 1. The Morgan fingerprint density at radius 2 is 2.31 bits per heavy atom. The molecule has 0 fully saturated rings. The molecule has 0 aliphatic rings. The van der Waals surface area contributed by atoms with E-state index in [9.17, 15) is 0 Å². The van der Waals surface area contributed by atoms with Gasteiger partial charge in [-0.1, -0.05) is 24.9 Å². The number of hydrogen-bond donors (Lipinski definition) is 2. The molecule has 0 saturated carbocycles. The Balaban J connectivity index is 2.45. The molecule has 1 unspecified atom stereocenters. The van der Waals surface area contributed by atoms with Gasteiger partial charge in [-0.05, 0) is 25.3 Å². The summed E-state index contributed by atoms with van der Waals surface area (Å²) in [6.45, 7) is 3.77. The van der Waals surface area contributed by atoms with Gasteiger partial charge >= 0.3 is 0 Å². The fraction of sp³-hybridized carbons (Fsp3) is 0.636. The third-order valence-corrected chi connectivity index (χ3v) is 2.77. The highest BCUT2D eigenvalue weighted by Gasteiger charge is 2.08. The minimum atomic E-state index is 0.561. The lowest BCUT2D eigenvalue weighted by Crippen LogP contribution is -2.18. The molecule has 0 bridgehead atoms. The Kier molecular flexibility index (Phi) is 6.11.